The van der Waals surface area contributed by atoms with E-state index in [1.165, 1.54) is 0 Å². The summed E-state index contributed by atoms with van der Waals surface area (Å²) < 4.78 is 7.51. The first-order valence-corrected chi connectivity index (χ1v) is 11.3. The molecule has 0 spiro atoms. The fraction of sp³-hybridized carbons (Fsp3) is 0.360. The lowest BCUT2D eigenvalue weighted by atomic mass is 10.0. The van der Waals surface area contributed by atoms with Gasteiger partial charge in [0.05, 0.1) is 48.4 Å². The summed E-state index contributed by atoms with van der Waals surface area (Å²) in [6.45, 7) is 5.32. The number of ether oxygens (including phenoxy) is 1. The number of benzene rings is 1. The fourth-order valence-electron chi connectivity index (χ4n) is 4.16. The number of carbonyl (C=O) groups excluding carboxylic acids is 2. The molecular weight excluding hydrogens is 418 g/mol. The average molecular weight is 448 g/mol. The number of nitrogens with one attached hydrogen (secondary N) is 2. The number of carbonyl (C=O) groups is 2. The van der Waals surface area contributed by atoms with Gasteiger partial charge in [0.15, 0.2) is 0 Å². The van der Waals surface area contributed by atoms with Gasteiger partial charge < -0.3 is 19.9 Å². The number of aromatic nitrogens is 3. The quantitative estimate of drug-likeness (QED) is 0.550. The van der Waals surface area contributed by atoms with Crippen molar-refractivity contribution in [3.8, 4) is 0 Å². The Bertz CT molecular complexity index is 1010. The Hall–Kier alpha value is -3.52. The largest absolute Gasteiger partial charge is 0.373 e. The summed E-state index contributed by atoms with van der Waals surface area (Å²) in [7, 11) is 0. The summed E-state index contributed by atoms with van der Waals surface area (Å²) in [5.41, 5.74) is 3.40. The zero-order valence-electron chi connectivity index (χ0n) is 19.0. The second-order valence-corrected chi connectivity index (χ2v) is 8.00. The van der Waals surface area contributed by atoms with Gasteiger partial charge in [0.2, 0.25) is 0 Å². The lowest BCUT2D eigenvalue weighted by Crippen LogP contribution is -2.32. The molecule has 0 saturated carbocycles. The zero-order valence-corrected chi connectivity index (χ0v) is 19.0. The molecule has 0 bridgehead atoms. The van der Waals surface area contributed by atoms with E-state index >= 15 is 0 Å². The third kappa shape index (κ3) is 4.96. The van der Waals surface area contributed by atoms with Gasteiger partial charge in [-0.05, 0) is 24.5 Å². The van der Waals surface area contributed by atoms with E-state index in [0.717, 1.165) is 17.7 Å². The molecule has 1 aromatic carbocycles. The van der Waals surface area contributed by atoms with Crippen molar-refractivity contribution in [1.82, 2.24) is 25.2 Å². The molecule has 0 aliphatic carbocycles. The van der Waals surface area contributed by atoms with Gasteiger partial charge in [0.1, 0.15) is 5.69 Å². The predicted molar refractivity (Wildman–Crippen MR) is 124 cm³/mol. The SMILES string of the molecule is CC[C@H](NC(=O)c1cc(C(=O)N[C@H](CC)c2ccccc2)c2n1CCOC2)c1cnccn1. The first-order chi connectivity index (χ1) is 16.1. The molecule has 1 aliphatic heterocycles. The van der Waals surface area contributed by atoms with E-state index in [4.69, 9.17) is 4.74 Å². The summed E-state index contributed by atoms with van der Waals surface area (Å²) in [6.07, 6.45) is 6.30. The summed E-state index contributed by atoms with van der Waals surface area (Å²) in [4.78, 5) is 34.9. The lowest BCUT2D eigenvalue weighted by Gasteiger charge is -2.21. The Morgan fingerprint density at radius 2 is 1.82 bits per heavy atom. The van der Waals surface area contributed by atoms with Crippen LogP contribution in [0.2, 0.25) is 0 Å². The Labute approximate surface area is 193 Å². The average Bonchev–Trinajstić information content (AvgIpc) is 3.26. The van der Waals surface area contributed by atoms with Crippen molar-refractivity contribution in [2.24, 2.45) is 0 Å². The molecule has 0 fully saturated rings. The van der Waals surface area contributed by atoms with Crippen LogP contribution < -0.4 is 10.6 Å². The van der Waals surface area contributed by atoms with E-state index in [2.05, 4.69) is 20.6 Å². The number of hydrogen-bond donors (Lipinski definition) is 2. The minimum Gasteiger partial charge on any atom is -0.373 e. The fourth-order valence-corrected chi connectivity index (χ4v) is 4.16. The minimum atomic E-state index is -0.267. The highest BCUT2D eigenvalue weighted by atomic mass is 16.5. The highest BCUT2D eigenvalue weighted by Gasteiger charge is 2.28. The van der Waals surface area contributed by atoms with Crippen LogP contribution in [0.25, 0.3) is 0 Å². The van der Waals surface area contributed by atoms with E-state index in [0.29, 0.717) is 43.1 Å². The van der Waals surface area contributed by atoms with Crippen molar-refractivity contribution >= 4 is 11.8 Å². The van der Waals surface area contributed by atoms with Gasteiger partial charge in [0.25, 0.3) is 11.8 Å². The maximum atomic E-state index is 13.3. The number of amides is 2. The Morgan fingerprint density at radius 1 is 1.06 bits per heavy atom. The summed E-state index contributed by atoms with van der Waals surface area (Å²) >= 11 is 0. The normalized spacial score (nSPS) is 14.7. The van der Waals surface area contributed by atoms with Crippen LogP contribution in [0.1, 0.15) is 76.6 Å². The van der Waals surface area contributed by atoms with Gasteiger partial charge in [-0.1, -0.05) is 44.2 Å². The molecule has 172 valence electrons. The molecule has 2 atom stereocenters. The van der Waals surface area contributed by atoms with Crippen molar-refractivity contribution in [2.45, 2.75) is 51.9 Å². The van der Waals surface area contributed by atoms with Gasteiger partial charge >= 0.3 is 0 Å². The second-order valence-electron chi connectivity index (χ2n) is 8.00. The molecule has 4 rings (SSSR count). The van der Waals surface area contributed by atoms with E-state index in [-0.39, 0.29) is 23.9 Å². The molecule has 0 unspecified atom stereocenters. The number of hydrogen-bond acceptors (Lipinski definition) is 5. The maximum absolute atomic E-state index is 13.3. The van der Waals surface area contributed by atoms with E-state index in [1.54, 1.807) is 24.7 Å². The summed E-state index contributed by atoms with van der Waals surface area (Å²) in [5, 5.41) is 6.17. The highest BCUT2D eigenvalue weighted by Crippen LogP contribution is 2.24. The van der Waals surface area contributed by atoms with Crippen LogP contribution in [0.4, 0.5) is 0 Å². The zero-order chi connectivity index (χ0) is 23.2. The Balaban J connectivity index is 1.58. The second kappa shape index (κ2) is 10.4. The van der Waals surface area contributed by atoms with Gasteiger partial charge in [0, 0.05) is 18.9 Å². The molecule has 3 heterocycles. The molecule has 33 heavy (non-hydrogen) atoms. The predicted octanol–water partition coefficient (Wildman–Crippen LogP) is 3.57. The van der Waals surface area contributed by atoms with E-state index in [1.807, 2.05) is 48.7 Å². The standard InChI is InChI=1S/C25H29N5O3/c1-3-19(17-8-6-5-7-9-17)28-24(31)18-14-22(30-12-13-33-16-23(18)30)25(32)29-20(4-2)21-15-26-10-11-27-21/h5-11,14-15,19-20H,3-4,12-13,16H2,1-2H3,(H,28,31)(H,29,32)/t19-,20+/m1/s1. The molecule has 0 saturated heterocycles. The summed E-state index contributed by atoms with van der Waals surface area (Å²) in [6, 6.07) is 11.2. The molecule has 3 aromatic rings. The van der Waals surface area contributed by atoms with E-state index in [9.17, 15) is 9.59 Å². The van der Waals surface area contributed by atoms with Gasteiger partial charge in [-0.3, -0.25) is 19.6 Å². The smallest absolute Gasteiger partial charge is 0.268 e. The molecule has 0 radical (unpaired) electrons. The van der Waals surface area contributed by atoms with Gasteiger partial charge in [-0.25, -0.2) is 0 Å². The molecule has 2 aromatic heterocycles. The third-order valence-electron chi connectivity index (χ3n) is 5.95. The van der Waals surface area contributed by atoms with Crippen LogP contribution in [0.5, 0.6) is 0 Å². The molecular formula is C25H29N5O3. The van der Waals surface area contributed by atoms with Crippen molar-refractivity contribution < 1.29 is 14.3 Å². The van der Waals surface area contributed by atoms with Crippen LogP contribution >= 0.6 is 0 Å². The number of fused-ring (bicyclic) bond motifs is 1. The molecule has 2 N–H and O–H groups in total. The minimum absolute atomic E-state index is 0.114. The monoisotopic (exact) mass is 447 g/mol. The topological polar surface area (TPSA) is 98.1 Å². The summed E-state index contributed by atoms with van der Waals surface area (Å²) in [5.74, 6) is -0.454. The maximum Gasteiger partial charge on any atom is 0.268 e. The first kappa shape index (κ1) is 22.7. The van der Waals surface area contributed by atoms with E-state index < -0.39 is 0 Å². The van der Waals surface area contributed by atoms with Crippen molar-refractivity contribution in [1.29, 1.82) is 0 Å². The highest BCUT2D eigenvalue weighted by molar-refractivity contribution is 6.01. The molecule has 8 nitrogen and oxygen atoms in total. The van der Waals surface area contributed by atoms with Gasteiger partial charge in [-0.2, -0.15) is 0 Å². The Kier molecular flexibility index (Phi) is 7.14. The van der Waals surface area contributed by atoms with Crippen LogP contribution in [0, 0.1) is 0 Å². The van der Waals surface area contributed by atoms with Crippen LogP contribution in [0.3, 0.4) is 0 Å². The van der Waals surface area contributed by atoms with Crippen LogP contribution in [0.15, 0.2) is 55.0 Å². The van der Waals surface area contributed by atoms with Crippen molar-refractivity contribution in [2.75, 3.05) is 6.61 Å². The van der Waals surface area contributed by atoms with Crippen LogP contribution in [-0.2, 0) is 17.9 Å². The Morgan fingerprint density at radius 3 is 2.52 bits per heavy atom. The number of nitrogens with zero attached hydrogens (tertiary/aromatic N) is 3. The molecule has 8 heteroatoms. The first-order valence-electron chi connectivity index (χ1n) is 11.3. The molecule has 2 amide bonds. The van der Waals surface area contributed by atoms with Crippen molar-refractivity contribution in [3.05, 3.63) is 83.2 Å². The van der Waals surface area contributed by atoms with Crippen LogP contribution in [-0.4, -0.2) is 33.0 Å². The van der Waals surface area contributed by atoms with Gasteiger partial charge in [-0.15, -0.1) is 0 Å². The number of rotatable bonds is 8. The van der Waals surface area contributed by atoms with Crippen molar-refractivity contribution in [3.63, 3.8) is 0 Å². The lowest BCUT2D eigenvalue weighted by molar-refractivity contribution is 0.0773. The third-order valence-corrected chi connectivity index (χ3v) is 5.95. The molecule has 1 aliphatic rings.